The third-order valence-corrected chi connectivity index (χ3v) is 21.1. The third kappa shape index (κ3) is 43.0. The van der Waals surface area contributed by atoms with Gasteiger partial charge in [-0.3, -0.25) is 113 Å². The molecule has 6 rings (SSSR count). The highest BCUT2D eigenvalue weighted by Crippen LogP contribution is 2.49. The number of aromatic hydroxyl groups is 5. The monoisotopic (exact) mass is 1960 g/mol. The van der Waals surface area contributed by atoms with Gasteiger partial charge in [-0.2, -0.15) is 0 Å². The van der Waals surface area contributed by atoms with Gasteiger partial charge in [-0.05, 0) is 228 Å². The van der Waals surface area contributed by atoms with Crippen molar-refractivity contribution in [3.05, 3.63) is 143 Å². The number of Topliss-reactive ketones (excluding diaryl/α,β-unsaturated/α-hetero) is 6. The predicted molar refractivity (Wildman–Crippen MR) is 448 cm³/mol. The van der Waals surface area contributed by atoms with Crippen molar-refractivity contribution in [3.63, 3.8) is 0 Å². The number of ether oxygens (including phenoxy) is 2. The van der Waals surface area contributed by atoms with Crippen molar-refractivity contribution in [2.75, 3.05) is 13.6 Å². The number of nitrogens with one attached hydrogen (secondary N) is 6. The maximum Gasteiger partial charge on any atom is 0.524 e. The zero-order valence-corrected chi connectivity index (χ0v) is 76.4. The molecule has 0 spiro atoms. The molecule has 0 saturated carbocycles. The van der Waals surface area contributed by atoms with E-state index in [4.69, 9.17) is 113 Å². The second kappa shape index (κ2) is 49.1. The highest BCUT2D eigenvalue weighted by atomic mass is 31.2. The summed E-state index contributed by atoms with van der Waals surface area (Å²) in [5, 5.41) is 48.3. The number of carbonyl (C=O) groups excluding carboxylic acids is 6. The lowest BCUT2D eigenvalue weighted by atomic mass is 9.90. The van der Waals surface area contributed by atoms with E-state index in [1.54, 1.807) is 46.8 Å². The number of phenolic OH excluding ortho intramolecular Hbond substituents is 5. The average Bonchev–Trinajstić information content (AvgIpc) is 0.825. The van der Waals surface area contributed by atoms with Crippen molar-refractivity contribution in [1.82, 2.24) is 32.6 Å². The Hall–Kier alpha value is -8.57. The first-order valence-electron chi connectivity index (χ1n) is 35.7. The zero-order valence-electron chi connectivity index (χ0n) is 70.1. The van der Waals surface area contributed by atoms with Gasteiger partial charge in [0.05, 0.1) is 33.2 Å². The fraction of sp³-hybridized carbons (Fsp3) is 0.382. The summed E-state index contributed by atoms with van der Waals surface area (Å²) in [6.45, 7) is 16.3. The number of nitrogens with two attached hydrogens (primary N) is 6. The lowest BCUT2D eigenvalue weighted by molar-refractivity contribution is -0.123. The first-order chi connectivity index (χ1) is 58.1. The normalized spacial score (nSPS) is 14.6. The van der Waals surface area contributed by atoms with Gasteiger partial charge in [0.25, 0.3) is 0 Å². The van der Waals surface area contributed by atoms with Crippen molar-refractivity contribution < 1.29 is 196 Å². The standard InChI is InChI=1S/2C12H19N2O7P.C11H18N2O9P2.3C11H17N2O6P/c1-8(15)12(2,14-13)6-9-3-4-11(10(16)5-9)20-7-21-22(17,18)19;1-8(15)12(2,14-13)6-9-3-4-10(16)11(5-9)20-7-21-22(17,18)19;1-7(14)11(2,13-12)6-8-3-4-9(21-23(15,16)17)10(5-8)22-24(18,19)20;2*1-7(14)11(2,13-12)6-8-3-4-10(9(15)5-8)19-20(16,17)18;1-7(14)11(2,13-12)6-8-3-4-9(15)10(5-8)19-20(16,17)18/h2*3-5,14,16H,6-7,13H2,1-2H3,(H2,17,18,19);3-5,13H,6,12H2,1-2H3,(H2,15,16,17)(H2,18,19,20);3*3-5,13,15H,6,12H2,1-2H3,(H2,16,17,18)/t2*12-;4*11-/m000000/s1. The molecule has 60 heteroatoms. The Balaban J connectivity index is 0.000000769. The van der Waals surface area contributed by atoms with Crippen LogP contribution in [0.4, 0.5) is 0 Å². The molecule has 0 aliphatic heterocycles. The van der Waals surface area contributed by atoms with E-state index in [9.17, 15) is 86.3 Å². The molecule has 720 valence electrons. The summed E-state index contributed by atoms with van der Waals surface area (Å²) in [5.74, 6) is 26.9. The van der Waals surface area contributed by atoms with E-state index in [1.807, 2.05) is 0 Å². The SMILES string of the molecule is CC(=O)[C@](C)(Cc1ccc(O)c(OCOP(=O)(O)O)c1)NN.CC(=O)[C@](C)(Cc1ccc(O)c(OP(=O)(O)O)c1)NN.CC(=O)[C@](C)(Cc1ccc(OCOP(=O)(O)O)c(O)c1)NN.CC(=O)[C@](C)(Cc1ccc(OP(=O)(O)O)c(O)c1)NN.CC(=O)[C@](C)(Cc1ccc(OP(=O)(O)O)c(O)c1)NN.CC(=O)[C@](C)(Cc1ccc(OP(=O)(O)O)c(OP(=O)(O)O)c1)NN. The van der Waals surface area contributed by atoms with Crippen LogP contribution in [0.15, 0.2) is 109 Å². The van der Waals surface area contributed by atoms with E-state index in [-0.39, 0.29) is 113 Å². The molecule has 0 aliphatic rings. The topological polar surface area (TPSA) is 918 Å². The number of phosphoric ester groups is 7. The largest absolute Gasteiger partial charge is 0.524 e. The summed E-state index contributed by atoms with van der Waals surface area (Å²) in [6, 6.07) is 24.0. The molecule has 0 aromatic heterocycles. The summed E-state index contributed by atoms with van der Waals surface area (Å²) in [7, 11) is -33.5. The van der Waals surface area contributed by atoms with Crippen molar-refractivity contribution in [2.24, 2.45) is 35.1 Å². The number of carbonyl (C=O) groups is 6. The van der Waals surface area contributed by atoms with Crippen molar-refractivity contribution in [2.45, 2.75) is 155 Å². The van der Waals surface area contributed by atoms with E-state index in [0.29, 0.717) is 33.4 Å². The minimum absolute atomic E-state index is 0.0116. The Kier molecular flexibility index (Phi) is 45.0. The Bertz CT molecular complexity index is 5080. The molecule has 0 saturated heterocycles. The van der Waals surface area contributed by atoms with Crippen molar-refractivity contribution in [3.8, 4) is 69.0 Å². The van der Waals surface area contributed by atoms with Crippen LogP contribution in [-0.2, 0) is 108 Å². The summed E-state index contributed by atoms with van der Waals surface area (Å²) in [5.41, 5.74) is 11.5. The number of hydrogen-bond acceptors (Lipinski definition) is 39. The molecule has 6 atom stereocenters. The molecule has 0 amide bonds. The summed E-state index contributed by atoms with van der Waals surface area (Å²) >= 11 is 0. The average molecular weight is 1970 g/mol. The predicted octanol–water partition coefficient (Wildman–Crippen LogP) is 1.02. The van der Waals surface area contributed by atoms with Crippen molar-refractivity contribution in [1.29, 1.82) is 0 Å². The van der Waals surface area contributed by atoms with Gasteiger partial charge in [-0.1, -0.05) is 36.4 Å². The molecule has 37 N–H and O–H groups in total. The Morgan fingerprint density at radius 3 is 0.680 bits per heavy atom. The highest BCUT2D eigenvalue weighted by molar-refractivity contribution is 7.48. The summed E-state index contributed by atoms with van der Waals surface area (Å²) in [4.78, 5) is 191. The van der Waals surface area contributed by atoms with Crippen LogP contribution in [0.3, 0.4) is 0 Å². The van der Waals surface area contributed by atoms with Crippen LogP contribution in [0, 0.1) is 0 Å². The van der Waals surface area contributed by atoms with Gasteiger partial charge < -0.3 is 77.2 Å². The van der Waals surface area contributed by atoms with Crippen LogP contribution in [0.1, 0.15) is 116 Å². The third-order valence-electron chi connectivity index (χ3n) is 18.0. The number of hydrogen-bond donors (Lipinski definition) is 31. The number of hydrazine groups is 6. The molecule has 0 bridgehead atoms. The quantitative estimate of drug-likeness (QED) is 0.0110. The summed E-state index contributed by atoms with van der Waals surface area (Å²) in [6.07, 6.45) is 1.05. The first kappa shape index (κ1) is 117. The Morgan fingerprint density at radius 1 is 0.258 bits per heavy atom. The smallest absolute Gasteiger partial charge is 0.504 e. The molecule has 0 fully saturated rings. The van der Waals surface area contributed by atoms with Gasteiger partial charge in [0.1, 0.15) is 0 Å². The Labute approximate surface area is 730 Å². The number of ketones is 6. The number of rotatable bonds is 42. The minimum atomic E-state index is -5.02. The molecule has 0 unspecified atom stereocenters. The molecule has 0 radical (unpaired) electrons. The summed E-state index contributed by atoms with van der Waals surface area (Å²) < 4.78 is 115. The molecular weight excluding hydrogens is 1860 g/mol. The molecule has 6 aromatic carbocycles. The van der Waals surface area contributed by atoms with Crippen LogP contribution in [0.25, 0.3) is 0 Å². The Morgan fingerprint density at radius 2 is 0.445 bits per heavy atom. The van der Waals surface area contributed by atoms with Crippen LogP contribution in [0.5, 0.6) is 69.0 Å². The number of phosphoric acid groups is 7. The van der Waals surface area contributed by atoms with Gasteiger partial charge in [-0.15, -0.1) is 0 Å². The second-order valence-electron chi connectivity index (χ2n) is 28.7. The second-order valence-corrected chi connectivity index (χ2v) is 37.0. The molecule has 0 aliphatic carbocycles. The maximum absolute atomic E-state index is 11.6. The van der Waals surface area contributed by atoms with Gasteiger partial charge >= 0.3 is 54.8 Å². The van der Waals surface area contributed by atoms with Crippen LogP contribution >= 0.6 is 54.8 Å². The molecule has 6 aromatic rings. The lowest BCUT2D eigenvalue weighted by Crippen LogP contribution is -2.53. The highest BCUT2D eigenvalue weighted by Gasteiger charge is 2.36. The van der Waals surface area contributed by atoms with E-state index in [0.717, 1.165) is 12.1 Å². The van der Waals surface area contributed by atoms with Gasteiger partial charge in [0.15, 0.2) is 104 Å². The van der Waals surface area contributed by atoms with Crippen LogP contribution in [-0.4, -0.2) is 176 Å². The molecule has 53 nitrogen and oxygen atoms in total. The van der Waals surface area contributed by atoms with E-state index >= 15 is 0 Å². The van der Waals surface area contributed by atoms with E-state index < -0.39 is 130 Å². The number of phenols is 5. The van der Waals surface area contributed by atoms with Crippen LogP contribution < -0.4 is 99.7 Å². The lowest BCUT2D eigenvalue weighted by Gasteiger charge is -2.26. The van der Waals surface area contributed by atoms with E-state index in [1.165, 1.54) is 133 Å². The fourth-order valence-electron chi connectivity index (χ4n) is 9.70. The molecular formula is C68H107N12O41P7. The van der Waals surface area contributed by atoms with Gasteiger partial charge in [0, 0.05) is 0 Å². The van der Waals surface area contributed by atoms with Crippen molar-refractivity contribution >= 4 is 89.5 Å². The van der Waals surface area contributed by atoms with E-state index in [2.05, 4.69) is 64.2 Å². The molecule has 128 heavy (non-hydrogen) atoms. The first-order valence-corrected chi connectivity index (χ1v) is 46.4. The number of benzene rings is 6. The minimum Gasteiger partial charge on any atom is -0.504 e. The molecule has 0 heterocycles. The van der Waals surface area contributed by atoms with Gasteiger partial charge in [0.2, 0.25) is 13.6 Å². The van der Waals surface area contributed by atoms with Gasteiger partial charge in [-0.25, -0.2) is 73.6 Å². The van der Waals surface area contributed by atoms with Crippen LogP contribution in [0.2, 0.25) is 0 Å². The maximum atomic E-state index is 11.6. The fourth-order valence-corrected chi connectivity index (χ4v) is 12.1. The zero-order chi connectivity index (χ0) is 99.3.